The van der Waals surface area contributed by atoms with Crippen LogP contribution in [0.3, 0.4) is 0 Å². The Kier molecular flexibility index (Phi) is 5.42. The van der Waals surface area contributed by atoms with Gasteiger partial charge in [-0.15, -0.1) is 6.58 Å². The molecule has 4 nitrogen and oxygen atoms in total. The van der Waals surface area contributed by atoms with Gasteiger partial charge in [0, 0.05) is 12.4 Å². The molecule has 1 rings (SSSR count). The monoisotopic (exact) mass is 261 g/mol. The van der Waals surface area contributed by atoms with Crippen LogP contribution in [-0.4, -0.2) is 23.3 Å². The number of Topliss-reactive ketones (excluding diaryl/α,β-unsaturated/α-hetero) is 1. The van der Waals surface area contributed by atoms with Gasteiger partial charge in [-0.05, 0) is 38.3 Å². The molecule has 0 aliphatic rings. The first-order valence-electron chi connectivity index (χ1n) is 6.25. The van der Waals surface area contributed by atoms with Gasteiger partial charge in [0.2, 0.25) is 0 Å². The standard InChI is InChI=1S/C15H19NO3/c1-4-8-15(12(3)17,14(18)19-5-2)10-13-7-6-9-16-11-13/h4,6-7,9,11H,1,5,8,10H2,2-3H3/t15-/m1/s1. The summed E-state index contributed by atoms with van der Waals surface area (Å²) < 4.78 is 5.07. The average molecular weight is 261 g/mol. The molecule has 1 heterocycles. The minimum atomic E-state index is -1.19. The summed E-state index contributed by atoms with van der Waals surface area (Å²) in [6.07, 6.45) is 5.42. The van der Waals surface area contributed by atoms with E-state index in [0.29, 0.717) is 0 Å². The van der Waals surface area contributed by atoms with Crippen LogP contribution in [0.1, 0.15) is 25.8 Å². The molecule has 19 heavy (non-hydrogen) atoms. The molecule has 0 spiro atoms. The topological polar surface area (TPSA) is 56.3 Å². The Morgan fingerprint density at radius 2 is 2.26 bits per heavy atom. The maximum atomic E-state index is 12.2. The van der Waals surface area contributed by atoms with E-state index in [1.165, 1.54) is 6.92 Å². The van der Waals surface area contributed by atoms with E-state index in [1.807, 2.05) is 6.07 Å². The Labute approximate surface area is 113 Å². The lowest BCUT2D eigenvalue weighted by Gasteiger charge is -2.27. The predicted molar refractivity (Wildman–Crippen MR) is 72.5 cm³/mol. The fraction of sp³-hybridized carbons (Fsp3) is 0.400. The highest BCUT2D eigenvalue weighted by Gasteiger charge is 2.43. The summed E-state index contributed by atoms with van der Waals surface area (Å²) in [6, 6.07) is 3.62. The van der Waals surface area contributed by atoms with Crippen LogP contribution in [0.2, 0.25) is 0 Å². The van der Waals surface area contributed by atoms with E-state index in [9.17, 15) is 9.59 Å². The summed E-state index contributed by atoms with van der Waals surface area (Å²) in [4.78, 5) is 28.2. The molecule has 0 bridgehead atoms. The predicted octanol–water partition coefficient (Wildman–Crippen LogP) is 2.34. The number of aromatic nitrogens is 1. The molecule has 1 aromatic rings. The van der Waals surface area contributed by atoms with E-state index in [0.717, 1.165) is 5.56 Å². The molecule has 0 N–H and O–H groups in total. The maximum Gasteiger partial charge on any atom is 0.320 e. The third-order valence-electron chi connectivity index (χ3n) is 3.06. The zero-order valence-corrected chi connectivity index (χ0v) is 11.4. The Morgan fingerprint density at radius 1 is 1.53 bits per heavy atom. The van der Waals surface area contributed by atoms with Crippen molar-refractivity contribution < 1.29 is 14.3 Å². The molecule has 0 fully saturated rings. The fourth-order valence-electron chi connectivity index (χ4n) is 2.01. The van der Waals surface area contributed by atoms with Gasteiger partial charge in [-0.25, -0.2) is 0 Å². The number of ether oxygens (including phenoxy) is 1. The molecule has 0 aliphatic heterocycles. The Morgan fingerprint density at radius 3 is 2.74 bits per heavy atom. The van der Waals surface area contributed by atoms with Crippen molar-refractivity contribution >= 4 is 11.8 Å². The highest BCUT2D eigenvalue weighted by atomic mass is 16.5. The van der Waals surface area contributed by atoms with Gasteiger partial charge in [-0.2, -0.15) is 0 Å². The second-order valence-electron chi connectivity index (χ2n) is 4.39. The van der Waals surface area contributed by atoms with Crippen molar-refractivity contribution in [3.63, 3.8) is 0 Å². The van der Waals surface area contributed by atoms with Gasteiger partial charge < -0.3 is 4.74 Å². The summed E-state index contributed by atoms with van der Waals surface area (Å²) in [5, 5.41) is 0. The highest BCUT2D eigenvalue weighted by Crippen LogP contribution is 2.30. The van der Waals surface area contributed by atoms with Crippen molar-refractivity contribution in [2.75, 3.05) is 6.61 Å². The molecular formula is C15H19NO3. The molecule has 4 heteroatoms. The first-order valence-corrected chi connectivity index (χ1v) is 6.25. The SMILES string of the molecule is C=CC[C@@](Cc1cccnc1)(C(C)=O)C(=O)OCC. The van der Waals surface area contributed by atoms with E-state index < -0.39 is 11.4 Å². The van der Waals surface area contributed by atoms with Gasteiger partial charge in [0.15, 0.2) is 0 Å². The third-order valence-corrected chi connectivity index (χ3v) is 3.06. The molecule has 102 valence electrons. The first-order chi connectivity index (χ1) is 9.06. The van der Waals surface area contributed by atoms with Crippen molar-refractivity contribution in [1.82, 2.24) is 4.98 Å². The normalized spacial score (nSPS) is 13.4. The van der Waals surface area contributed by atoms with Gasteiger partial charge in [0.05, 0.1) is 6.61 Å². The van der Waals surface area contributed by atoms with E-state index in [2.05, 4.69) is 11.6 Å². The molecule has 1 aromatic heterocycles. The summed E-state index contributed by atoms with van der Waals surface area (Å²) in [7, 11) is 0. The zero-order chi connectivity index (χ0) is 14.3. The number of carbonyl (C=O) groups excluding carboxylic acids is 2. The number of allylic oxidation sites excluding steroid dienone is 1. The second kappa shape index (κ2) is 6.83. The van der Waals surface area contributed by atoms with E-state index in [-0.39, 0.29) is 25.2 Å². The highest BCUT2D eigenvalue weighted by molar-refractivity contribution is 6.03. The van der Waals surface area contributed by atoms with Crippen LogP contribution >= 0.6 is 0 Å². The number of esters is 1. The van der Waals surface area contributed by atoms with Crippen LogP contribution in [-0.2, 0) is 20.7 Å². The minimum absolute atomic E-state index is 0.213. The Hall–Kier alpha value is -1.97. The van der Waals surface area contributed by atoms with Crippen molar-refractivity contribution in [3.8, 4) is 0 Å². The van der Waals surface area contributed by atoms with E-state index in [1.54, 1.807) is 31.5 Å². The number of rotatable bonds is 7. The molecule has 0 saturated carbocycles. The molecule has 0 saturated heterocycles. The van der Waals surface area contributed by atoms with Crippen LogP contribution < -0.4 is 0 Å². The Bertz CT molecular complexity index is 456. The van der Waals surface area contributed by atoms with Crippen LogP contribution in [0.5, 0.6) is 0 Å². The van der Waals surface area contributed by atoms with Crippen LogP contribution in [0.15, 0.2) is 37.2 Å². The maximum absolute atomic E-state index is 12.2. The Balaban J connectivity index is 3.12. The van der Waals surface area contributed by atoms with Gasteiger partial charge in [0.25, 0.3) is 0 Å². The molecule has 0 amide bonds. The number of carbonyl (C=O) groups is 2. The zero-order valence-electron chi connectivity index (χ0n) is 11.4. The second-order valence-corrected chi connectivity index (χ2v) is 4.39. The van der Waals surface area contributed by atoms with Crippen molar-refractivity contribution in [1.29, 1.82) is 0 Å². The lowest BCUT2D eigenvalue weighted by atomic mass is 9.75. The minimum Gasteiger partial charge on any atom is -0.465 e. The lowest BCUT2D eigenvalue weighted by molar-refractivity contribution is -0.159. The van der Waals surface area contributed by atoms with Crippen molar-refractivity contribution in [2.24, 2.45) is 5.41 Å². The smallest absolute Gasteiger partial charge is 0.320 e. The lowest BCUT2D eigenvalue weighted by Crippen LogP contribution is -2.41. The van der Waals surface area contributed by atoms with Gasteiger partial charge in [-0.1, -0.05) is 12.1 Å². The van der Waals surface area contributed by atoms with Gasteiger partial charge >= 0.3 is 5.97 Å². The summed E-state index contributed by atoms with van der Waals surface area (Å²) in [6.45, 7) is 7.02. The fourth-order valence-corrected chi connectivity index (χ4v) is 2.01. The molecule has 0 unspecified atom stereocenters. The first kappa shape index (κ1) is 15.1. The quantitative estimate of drug-likeness (QED) is 0.429. The van der Waals surface area contributed by atoms with Gasteiger partial charge in [-0.3, -0.25) is 14.6 Å². The van der Waals surface area contributed by atoms with Crippen LogP contribution in [0, 0.1) is 5.41 Å². The number of nitrogens with zero attached hydrogens (tertiary/aromatic N) is 1. The van der Waals surface area contributed by atoms with Crippen LogP contribution in [0.4, 0.5) is 0 Å². The molecule has 1 atom stereocenters. The summed E-state index contributed by atoms with van der Waals surface area (Å²) in [5.74, 6) is -0.707. The molecule has 0 radical (unpaired) electrons. The van der Waals surface area contributed by atoms with Crippen molar-refractivity contribution in [3.05, 3.63) is 42.7 Å². The number of ketones is 1. The number of hydrogen-bond acceptors (Lipinski definition) is 4. The van der Waals surface area contributed by atoms with Crippen LogP contribution in [0.25, 0.3) is 0 Å². The average Bonchev–Trinajstić information content (AvgIpc) is 2.39. The van der Waals surface area contributed by atoms with E-state index >= 15 is 0 Å². The van der Waals surface area contributed by atoms with Gasteiger partial charge in [0.1, 0.15) is 11.2 Å². The number of hydrogen-bond donors (Lipinski definition) is 0. The molecular weight excluding hydrogens is 242 g/mol. The molecule has 0 aliphatic carbocycles. The molecule has 0 aromatic carbocycles. The summed E-state index contributed by atoms with van der Waals surface area (Å²) >= 11 is 0. The van der Waals surface area contributed by atoms with Crippen molar-refractivity contribution in [2.45, 2.75) is 26.7 Å². The number of pyridine rings is 1. The summed E-state index contributed by atoms with van der Waals surface area (Å²) in [5.41, 5.74) is -0.367. The largest absolute Gasteiger partial charge is 0.465 e. The third kappa shape index (κ3) is 3.50. The van der Waals surface area contributed by atoms with E-state index in [4.69, 9.17) is 4.74 Å².